The van der Waals surface area contributed by atoms with E-state index < -0.39 is 12.1 Å². The van der Waals surface area contributed by atoms with E-state index >= 15 is 0 Å². The Hall–Kier alpha value is -2.92. The van der Waals surface area contributed by atoms with Gasteiger partial charge in [0, 0.05) is 12.0 Å². The van der Waals surface area contributed by atoms with Gasteiger partial charge in [0.2, 0.25) is 0 Å². The molecule has 1 aromatic heterocycles. The lowest BCUT2D eigenvalue weighted by Crippen LogP contribution is -2.34. The van der Waals surface area contributed by atoms with Crippen molar-refractivity contribution in [1.82, 2.24) is 10.5 Å². The molecule has 126 valence electrons. The zero-order chi connectivity index (χ0) is 17.4. The van der Waals surface area contributed by atoms with E-state index in [-0.39, 0.29) is 5.91 Å². The molecule has 5 heteroatoms. The Bertz CT molecular complexity index is 918. The number of hydrogen-bond donors (Lipinski definition) is 2. The maximum absolute atomic E-state index is 12.9. The van der Waals surface area contributed by atoms with Crippen LogP contribution in [0.1, 0.15) is 33.3 Å². The van der Waals surface area contributed by atoms with Gasteiger partial charge in [0.1, 0.15) is 17.0 Å². The van der Waals surface area contributed by atoms with Gasteiger partial charge in [-0.2, -0.15) is 0 Å². The molecule has 1 amide bonds. The van der Waals surface area contributed by atoms with Crippen LogP contribution in [0.4, 0.5) is 0 Å². The Morgan fingerprint density at radius 3 is 2.68 bits per heavy atom. The second-order valence-electron chi connectivity index (χ2n) is 6.25. The highest BCUT2D eigenvalue weighted by molar-refractivity contribution is 6.01. The zero-order valence-corrected chi connectivity index (χ0v) is 13.8. The number of nitrogens with zero attached hydrogens (tertiary/aromatic N) is 1. The van der Waals surface area contributed by atoms with Gasteiger partial charge in [-0.1, -0.05) is 59.8 Å². The average molecular weight is 334 g/mol. The SMILES string of the molecule is Cc1onc(-c2ccccc2)c1C(=O)NC1c2ccccc2CC1O. The molecular weight excluding hydrogens is 316 g/mol. The number of aryl methyl sites for hydroxylation is 1. The molecular formula is C20H18N2O3. The summed E-state index contributed by atoms with van der Waals surface area (Å²) in [7, 11) is 0. The Morgan fingerprint density at radius 1 is 1.16 bits per heavy atom. The summed E-state index contributed by atoms with van der Waals surface area (Å²) < 4.78 is 5.26. The maximum atomic E-state index is 12.9. The van der Waals surface area contributed by atoms with E-state index in [9.17, 15) is 9.90 Å². The fourth-order valence-electron chi connectivity index (χ4n) is 3.39. The number of carbonyl (C=O) groups is 1. The topological polar surface area (TPSA) is 75.4 Å². The van der Waals surface area contributed by atoms with Crippen molar-refractivity contribution in [3.63, 3.8) is 0 Å². The largest absolute Gasteiger partial charge is 0.390 e. The van der Waals surface area contributed by atoms with Crippen LogP contribution < -0.4 is 5.32 Å². The number of amides is 1. The molecule has 2 aromatic carbocycles. The number of carbonyl (C=O) groups excluding carboxylic acids is 1. The molecule has 1 aliphatic carbocycles. The standard InChI is InChI=1S/C20H18N2O3/c1-12-17(18(22-25-12)13-7-3-2-4-8-13)20(24)21-19-15-10-6-5-9-14(15)11-16(19)23/h2-10,16,19,23H,11H2,1H3,(H,21,24). The van der Waals surface area contributed by atoms with Crippen molar-refractivity contribution < 1.29 is 14.4 Å². The lowest BCUT2D eigenvalue weighted by atomic mass is 10.0. The van der Waals surface area contributed by atoms with Gasteiger partial charge in [0.15, 0.2) is 0 Å². The monoisotopic (exact) mass is 334 g/mol. The molecule has 2 unspecified atom stereocenters. The van der Waals surface area contributed by atoms with E-state index in [1.165, 1.54) is 0 Å². The molecule has 0 aliphatic heterocycles. The summed E-state index contributed by atoms with van der Waals surface area (Å²) in [6, 6.07) is 16.8. The molecule has 25 heavy (non-hydrogen) atoms. The van der Waals surface area contributed by atoms with Crippen LogP contribution >= 0.6 is 0 Å². The fraction of sp³-hybridized carbons (Fsp3) is 0.200. The minimum atomic E-state index is -0.637. The van der Waals surface area contributed by atoms with Crippen molar-refractivity contribution in [2.24, 2.45) is 0 Å². The number of hydrogen-bond acceptors (Lipinski definition) is 4. The highest BCUT2D eigenvalue weighted by Crippen LogP contribution is 2.32. The average Bonchev–Trinajstić information content (AvgIpc) is 3.16. The molecule has 4 rings (SSSR count). The summed E-state index contributed by atoms with van der Waals surface area (Å²) in [5.41, 5.74) is 3.75. The predicted molar refractivity (Wildman–Crippen MR) is 93.0 cm³/mol. The third kappa shape index (κ3) is 2.72. The Kier molecular flexibility index (Phi) is 3.86. The molecule has 1 aliphatic rings. The fourth-order valence-corrected chi connectivity index (χ4v) is 3.39. The van der Waals surface area contributed by atoms with Crippen LogP contribution in [0.3, 0.4) is 0 Å². The molecule has 1 heterocycles. The number of benzene rings is 2. The van der Waals surface area contributed by atoms with Gasteiger partial charge in [-0.15, -0.1) is 0 Å². The predicted octanol–water partition coefficient (Wildman–Crippen LogP) is 3.04. The molecule has 0 bridgehead atoms. The first-order chi connectivity index (χ1) is 12.1. The molecule has 0 spiro atoms. The number of aliphatic hydroxyl groups excluding tert-OH is 1. The first-order valence-electron chi connectivity index (χ1n) is 8.23. The van der Waals surface area contributed by atoms with Gasteiger partial charge in [0.05, 0.1) is 12.1 Å². The lowest BCUT2D eigenvalue weighted by molar-refractivity contribution is 0.0857. The molecule has 0 saturated heterocycles. The zero-order valence-electron chi connectivity index (χ0n) is 13.8. The minimum absolute atomic E-state index is 0.293. The van der Waals surface area contributed by atoms with Crippen molar-refractivity contribution in [3.8, 4) is 11.3 Å². The summed E-state index contributed by atoms with van der Waals surface area (Å²) in [5.74, 6) is 0.162. The third-order valence-electron chi connectivity index (χ3n) is 4.63. The number of rotatable bonds is 3. The molecule has 0 saturated carbocycles. The molecule has 0 radical (unpaired) electrons. The normalized spacial score (nSPS) is 18.8. The van der Waals surface area contributed by atoms with Crippen molar-refractivity contribution in [2.45, 2.75) is 25.5 Å². The molecule has 3 aromatic rings. The summed E-state index contributed by atoms with van der Waals surface area (Å²) >= 11 is 0. The van der Waals surface area contributed by atoms with Gasteiger partial charge in [0.25, 0.3) is 5.91 Å². The van der Waals surface area contributed by atoms with E-state index in [1.807, 2.05) is 54.6 Å². The summed E-state index contributed by atoms with van der Waals surface area (Å²) in [6.45, 7) is 1.72. The summed E-state index contributed by atoms with van der Waals surface area (Å²) in [4.78, 5) is 12.9. The number of aromatic nitrogens is 1. The Labute approximate surface area is 145 Å². The van der Waals surface area contributed by atoms with E-state index in [2.05, 4.69) is 10.5 Å². The van der Waals surface area contributed by atoms with Gasteiger partial charge < -0.3 is 14.9 Å². The van der Waals surface area contributed by atoms with Crippen LogP contribution in [0.25, 0.3) is 11.3 Å². The van der Waals surface area contributed by atoms with Crippen molar-refractivity contribution in [3.05, 3.63) is 77.0 Å². The smallest absolute Gasteiger partial charge is 0.257 e. The van der Waals surface area contributed by atoms with Crippen LogP contribution in [-0.4, -0.2) is 22.3 Å². The van der Waals surface area contributed by atoms with E-state index in [4.69, 9.17) is 4.52 Å². The number of nitrogens with one attached hydrogen (secondary N) is 1. The number of fused-ring (bicyclic) bond motifs is 1. The van der Waals surface area contributed by atoms with Crippen LogP contribution in [0.15, 0.2) is 59.1 Å². The first kappa shape index (κ1) is 15.6. The molecule has 5 nitrogen and oxygen atoms in total. The Balaban J connectivity index is 1.66. The summed E-state index contributed by atoms with van der Waals surface area (Å²) in [5, 5.41) is 17.4. The lowest BCUT2D eigenvalue weighted by Gasteiger charge is -2.18. The van der Waals surface area contributed by atoms with E-state index in [1.54, 1.807) is 6.92 Å². The van der Waals surface area contributed by atoms with Crippen LogP contribution in [-0.2, 0) is 6.42 Å². The van der Waals surface area contributed by atoms with Crippen molar-refractivity contribution >= 4 is 5.91 Å². The Morgan fingerprint density at radius 2 is 1.88 bits per heavy atom. The third-order valence-corrected chi connectivity index (χ3v) is 4.63. The van der Waals surface area contributed by atoms with Gasteiger partial charge in [-0.25, -0.2) is 0 Å². The van der Waals surface area contributed by atoms with Gasteiger partial charge in [-0.3, -0.25) is 4.79 Å². The van der Waals surface area contributed by atoms with Crippen LogP contribution in [0.2, 0.25) is 0 Å². The minimum Gasteiger partial charge on any atom is -0.390 e. The molecule has 2 atom stereocenters. The second-order valence-corrected chi connectivity index (χ2v) is 6.25. The molecule has 2 N–H and O–H groups in total. The van der Waals surface area contributed by atoms with Crippen molar-refractivity contribution in [2.75, 3.05) is 0 Å². The maximum Gasteiger partial charge on any atom is 0.257 e. The quantitative estimate of drug-likeness (QED) is 0.772. The van der Waals surface area contributed by atoms with Gasteiger partial charge in [-0.05, 0) is 18.1 Å². The highest BCUT2D eigenvalue weighted by atomic mass is 16.5. The van der Waals surface area contributed by atoms with E-state index in [0.29, 0.717) is 23.4 Å². The van der Waals surface area contributed by atoms with E-state index in [0.717, 1.165) is 16.7 Å². The highest BCUT2D eigenvalue weighted by Gasteiger charge is 2.33. The number of aliphatic hydroxyl groups is 1. The van der Waals surface area contributed by atoms with Crippen LogP contribution in [0, 0.1) is 6.92 Å². The first-order valence-corrected chi connectivity index (χ1v) is 8.23. The van der Waals surface area contributed by atoms with Crippen LogP contribution in [0.5, 0.6) is 0 Å². The molecule has 0 fully saturated rings. The summed E-state index contributed by atoms with van der Waals surface area (Å²) in [6.07, 6.45) is -0.100. The van der Waals surface area contributed by atoms with Crippen molar-refractivity contribution in [1.29, 1.82) is 0 Å². The van der Waals surface area contributed by atoms with Gasteiger partial charge >= 0.3 is 0 Å². The second kappa shape index (κ2) is 6.18.